The zero-order valence-electron chi connectivity index (χ0n) is 18.1. The SMILES string of the molecule is Cc1ccc(C)c(NC(=O)[C@H](C)OC(=O)[C@@H]2CC(=O)N(c3cccc(C)c3C)C2)c1. The Balaban J connectivity index is 1.63. The lowest BCUT2D eigenvalue weighted by Gasteiger charge is -2.20. The van der Waals surface area contributed by atoms with Crippen molar-refractivity contribution < 1.29 is 19.1 Å². The Morgan fingerprint density at radius 3 is 2.57 bits per heavy atom. The Morgan fingerprint density at radius 1 is 1.10 bits per heavy atom. The quantitative estimate of drug-likeness (QED) is 0.763. The minimum atomic E-state index is -0.956. The lowest BCUT2D eigenvalue weighted by Crippen LogP contribution is -2.33. The van der Waals surface area contributed by atoms with E-state index in [9.17, 15) is 14.4 Å². The van der Waals surface area contributed by atoms with Crippen molar-refractivity contribution in [2.75, 3.05) is 16.8 Å². The third kappa shape index (κ3) is 4.53. The van der Waals surface area contributed by atoms with Crippen LogP contribution in [-0.2, 0) is 19.1 Å². The number of hydrogen-bond acceptors (Lipinski definition) is 4. The van der Waals surface area contributed by atoms with Gasteiger partial charge in [-0.15, -0.1) is 0 Å². The summed E-state index contributed by atoms with van der Waals surface area (Å²) < 4.78 is 5.40. The summed E-state index contributed by atoms with van der Waals surface area (Å²) >= 11 is 0. The van der Waals surface area contributed by atoms with E-state index in [4.69, 9.17) is 4.74 Å². The highest BCUT2D eigenvalue weighted by Crippen LogP contribution is 2.30. The summed E-state index contributed by atoms with van der Waals surface area (Å²) in [5, 5.41) is 2.81. The van der Waals surface area contributed by atoms with E-state index < -0.39 is 23.9 Å². The predicted molar refractivity (Wildman–Crippen MR) is 116 cm³/mol. The van der Waals surface area contributed by atoms with Gasteiger partial charge in [0, 0.05) is 24.3 Å². The molecule has 1 fully saturated rings. The van der Waals surface area contributed by atoms with Gasteiger partial charge in [-0.25, -0.2) is 0 Å². The van der Waals surface area contributed by atoms with Crippen molar-refractivity contribution in [1.82, 2.24) is 0 Å². The molecular formula is C24H28N2O4. The van der Waals surface area contributed by atoms with Gasteiger partial charge in [0.1, 0.15) is 0 Å². The zero-order chi connectivity index (χ0) is 22.0. The molecule has 0 radical (unpaired) electrons. The first-order valence-corrected chi connectivity index (χ1v) is 10.1. The summed E-state index contributed by atoms with van der Waals surface area (Å²) in [4.78, 5) is 39.3. The van der Waals surface area contributed by atoms with Gasteiger partial charge in [0.05, 0.1) is 5.92 Å². The van der Waals surface area contributed by atoms with Crippen LogP contribution in [0.3, 0.4) is 0 Å². The molecule has 0 saturated carbocycles. The average Bonchev–Trinajstić information content (AvgIpc) is 3.08. The number of anilines is 2. The number of carbonyl (C=O) groups excluding carboxylic acids is 3. The molecule has 1 aliphatic rings. The molecule has 0 unspecified atom stereocenters. The molecule has 1 N–H and O–H groups in total. The van der Waals surface area contributed by atoms with Crippen molar-refractivity contribution in [2.45, 2.75) is 47.1 Å². The fraction of sp³-hybridized carbons (Fsp3) is 0.375. The first kappa shape index (κ1) is 21.6. The molecule has 30 heavy (non-hydrogen) atoms. The van der Waals surface area contributed by atoms with Gasteiger partial charge in [0.15, 0.2) is 6.10 Å². The molecular weight excluding hydrogens is 380 g/mol. The van der Waals surface area contributed by atoms with E-state index in [-0.39, 0.29) is 18.9 Å². The summed E-state index contributed by atoms with van der Waals surface area (Å²) in [6.45, 7) is 9.59. The second-order valence-corrected chi connectivity index (χ2v) is 8.01. The van der Waals surface area contributed by atoms with E-state index in [1.165, 1.54) is 6.92 Å². The maximum absolute atomic E-state index is 12.6. The van der Waals surface area contributed by atoms with Crippen LogP contribution in [0.25, 0.3) is 0 Å². The Labute approximate surface area is 177 Å². The van der Waals surface area contributed by atoms with Gasteiger partial charge in [-0.05, 0) is 69.0 Å². The number of ether oxygens (including phenoxy) is 1. The molecule has 2 aromatic rings. The molecule has 1 saturated heterocycles. The number of nitrogens with one attached hydrogen (secondary N) is 1. The van der Waals surface area contributed by atoms with Crippen molar-refractivity contribution in [3.05, 3.63) is 58.7 Å². The summed E-state index contributed by atoms with van der Waals surface area (Å²) in [6.07, 6.45) is -0.875. The normalized spacial score (nSPS) is 17.0. The van der Waals surface area contributed by atoms with Gasteiger partial charge in [-0.1, -0.05) is 24.3 Å². The first-order chi connectivity index (χ1) is 14.2. The van der Waals surface area contributed by atoms with Gasteiger partial charge < -0.3 is 15.0 Å². The van der Waals surface area contributed by atoms with Crippen LogP contribution in [-0.4, -0.2) is 30.4 Å². The van der Waals surface area contributed by atoms with E-state index in [0.29, 0.717) is 5.69 Å². The maximum Gasteiger partial charge on any atom is 0.312 e. The van der Waals surface area contributed by atoms with Gasteiger partial charge >= 0.3 is 5.97 Å². The molecule has 3 rings (SSSR count). The molecule has 1 heterocycles. The van der Waals surface area contributed by atoms with Gasteiger partial charge in [0.25, 0.3) is 5.91 Å². The summed E-state index contributed by atoms with van der Waals surface area (Å²) in [5.74, 6) is -1.63. The molecule has 0 aliphatic carbocycles. The molecule has 2 aromatic carbocycles. The average molecular weight is 408 g/mol. The summed E-state index contributed by atoms with van der Waals surface area (Å²) in [7, 11) is 0. The summed E-state index contributed by atoms with van der Waals surface area (Å²) in [6, 6.07) is 11.5. The molecule has 0 aromatic heterocycles. The molecule has 2 atom stereocenters. The van der Waals surface area contributed by atoms with E-state index in [1.807, 2.05) is 64.1 Å². The summed E-state index contributed by atoms with van der Waals surface area (Å²) in [5.41, 5.74) is 5.56. The van der Waals surface area contributed by atoms with Gasteiger partial charge in [-0.2, -0.15) is 0 Å². The van der Waals surface area contributed by atoms with Crippen LogP contribution in [0, 0.1) is 33.6 Å². The number of benzene rings is 2. The Morgan fingerprint density at radius 2 is 1.83 bits per heavy atom. The van der Waals surface area contributed by atoms with Crippen LogP contribution >= 0.6 is 0 Å². The number of amides is 2. The lowest BCUT2D eigenvalue weighted by molar-refractivity contribution is -0.157. The van der Waals surface area contributed by atoms with Gasteiger partial charge in [0.2, 0.25) is 5.91 Å². The first-order valence-electron chi connectivity index (χ1n) is 10.1. The maximum atomic E-state index is 12.6. The molecule has 6 heteroatoms. The van der Waals surface area contributed by atoms with Crippen LogP contribution in [0.2, 0.25) is 0 Å². The van der Waals surface area contributed by atoms with Crippen LogP contribution in [0.15, 0.2) is 36.4 Å². The van der Waals surface area contributed by atoms with E-state index in [0.717, 1.165) is 27.9 Å². The lowest BCUT2D eigenvalue weighted by atomic mass is 10.1. The van der Waals surface area contributed by atoms with E-state index in [1.54, 1.807) is 4.90 Å². The second kappa shape index (κ2) is 8.69. The van der Waals surface area contributed by atoms with Crippen LogP contribution in [0.4, 0.5) is 11.4 Å². The van der Waals surface area contributed by atoms with Crippen LogP contribution in [0.1, 0.15) is 35.6 Å². The molecule has 1 aliphatic heterocycles. The smallest absolute Gasteiger partial charge is 0.312 e. The third-order valence-corrected chi connectivity index (χ3v) is 5.64. The monoisotopic (exact) mass is 408 g/mol. The molecule has 2 amide bonds. The van der Waals surface area contributed by atoms with Crippen molar-refractivity contribution in [1.29, 1.82) is 0 Å². The highest BCUT2D eigenvalue weighted by molar-refractivity contribution is 6.01. The number of aryl methyl sites for hydroxylation is 3. The number of nitrogens with zero attached hydrogens (tertiary/aromatic N) is 1. The van der Waals surface area contributed by atoms with E-state index >= 15 is 0 Å². The highest BCUT2D eigenvalue weighted by atomic mass is 16.5. The van der Waals surface area contributed by atoms with Crippen molar-refractivity contribution >= 4 is 29.2 Å². The molecule has 0 bridgehead atoms. The van der Waals surface area contributed by atoms with Crippen molar-refractivity contribution in [3.8, 4) is 0 Å². The van der Waals surface area contributed by atoms with E-state index in [2.05, 4.69) is 5.32 Å². The van der Waals surface area contributed by atoms with Crippen LogP contribution in [0.5, 0.6) is 0 Å². The molecule has 6 nitrogen and oxygen atoms in total. The van der Waals surface area contributed by atoms with Crippen molar-refractivity contribution in [3.63, 3.8) is 0 Å². The zero-order valence-corrected chi connectivity index (χ0v) is 18.1. The topological polar surface area (TPSA) is 75.7 Å². The second-order valence-electron chi connectivity index (χ2n) is 8.01. The largest absolute Gasteiger partial charge is 0.452 e. The van der Waals surface area contributed by atoms with Gasteiger partial charge in [-0.3, -0.25) is 14.4 Å². The number of esters is 1. The fourth-order valence-corrected chi connectivity index (χ4v) is 3.56. The highest BCUT2D eigenvalue weighted by Gasteiger charge is 2.37. The Bertz CT molecular complexity index is 999. The molecule has 0 spiro atoms. The van der Waals surface area contributed by atoms with Crippen LogP contribution < -0.4 is 10.2 Å². The fourth-order valence-electron chi connectivity index (χ4n) is 3.56. The predicted octanol–water partition coefficient (Wildman–Crippen LogP) is 3.84. The third-order valence-electron chi connectivity index (χ3n) is 5.64. The standard InChI is InChI=1S/C24H28N2O4/c1-14-9-10-16(3)20(11-14)25-23(28)18(5)30-24(29)19-12-22(27)26(13-19)21-8-6-7-15(2)17(21)4/h6-11,18-19H,12-13H2,1-5H3,(H,25,28)/t18-,19+/m0/s1. The minimum absolute atomic E-state index is 0.0809. The molecule has 158 valence electrons. The number of carbonyl (C=O) groups is 3. The van der Waals surface area contributed by atoms with Crippen molar-refractivity contribution in [2.24, 2.45) is 5.92 Å². The number of hydrogen-bond donors (Lipinski definition) is 1. The Kier molecular flexibility index (Phi) is 6.25. The number of rotatable bonds is 5. The Hall–Kier alpha value is -3.15. The minimum Gasteiger partial charge on any atom is -0.452 e.